The predicted octanol–water partition coefficient (Wildman–Crippen LogP) is 3.08. The fraction of sp³-hybridized carbons (Fsp3) is 0.385. The molecule has 2 nitrogen and oxygen atoms in total. The third-order valence-corrected chi connectivity index (χ3v) is 3.46. The van der Waals surface area contributed by atoms with Crippen LogP contribution in [0.2, 0.25) is 0 Å². The summed E-state index contributed by atoms with van der Waals surface area (Å²) < 4.78 is 5.95. The van der Waals surface area contributed by atoms with Gasteiger partial charge in [0.2, 0.25) is 0 Å². The first-order valence-corrected chi connectivity index (χ1v) is 6.09. The maximum Gasteiger partial charge on any atom is 0.189 e. The summed E-state index contributed by atoms with van der Waals surface area (Å²) in [6.07, 6.45) is 4.43. The maximum absolute atomic E-state index is 6.28. The van der Waals surface area contributed by atoms with Gasteiger partial charge in [-0.2, -0.15) is 0 Å². The van der Waals surface area contributed by atoms with E-state index in [-0.39, 0.29) is 6.23 Å². The van der Waals surface area contributed by atoms with Crippen LogP contribution in [0.3, 0.4) is 0 Å². The second-order valence-electron chi connectivity index (χ2n) is 4.28. The van der Waals surface area contributed by atoms with Gasteiger partial charge in [0.05, 0.1) is 5.03 Å². The Morgan fingerprint density at radius 1 is 1.19 bits per heavy atom. The van der Waals surface area contributed by atoms with Crippen LogP contribution in [0.15, 0.2) is 29.3 Å². The summed E-state index contributed by atoms with van der Waals surface area (Å²) in [6, 6.07) is 8.02. The summed E-state index contributed by atoms with van der Waals surface area (Å²) in [5.74, 6) is 0.934. The predicted molar refractivity (Wildman–Crippen MR) is 65.5 cm³/mol. The van der Waals surface area contributed by atoms with Gasteiger partial charge in [0.25, 0.3) is 0 Å². The molecule has 0 aromatic heterocycles. The van der Waals surface area contributed by atoms with Gasteiger partial charge in [0, 0.05) is 18.7 Å². The number of fused-ring (bicyclic) bond motifs is 1. The largest absolute Gasteiger partial charge is 0.469 e. The lowest BCUT2D eigenvalue weighted by molar-refractivity contribution is 0.0776. The molecule has 0 spiro atoms. The van der Waals surface area contributed by atoms with Crippen molar-refractivity contribution >= 4 is 17.7 Å². The zero-order valence-electron chi connectivity index (χ0n) is 9.03. The number of para-hydroxylation sites is 1. The number of benzene rings is 1. The van der Waals surface area contributed by atoms with Gasteiger partial charge in [-0.25, -0.2) is 0 Å². The average molecular weight is 236 g/mol. The average Bonchev–Trinajstić information content (AvgIpc) is 2.81. The summed E-state index contributed by atoms with van der Waals surface area (Å²) in [7, 11) is 0. The molecule has 0 aliphatic carbocycles. The van der Waals surface area contributed by atoms with E-state index in [1.807, 2.05) is 30.3 Å². The number of nitrogens with zero attached hydrogens (tertiary/aromatic N) is 1. The van der Waals surface area contributed by atoms with E-state index in [1.54, 1.807) is 0 Å². The number of likely N-dealkylation sites (tertiary alicyclic amines) is 1. The van der Waals surface area contributed by atoms with Crippen LogP contribution in [0.25, 0.3) is 6.08 Å². The molecule has 0 radical (unpaired) electrons. The minimum absolute atomic E-state index is 0.0703. The molecule has 84 valence electrons. The molecule has 0 N–H and O–H groups in total. The molecule has 2 heterocycles. The molecule has 16 heavy (non-hydrogen) atoms. The maximum atomic E-state index is 6.28. The van der Waals surface area contributed by atoms with Crippen molar-refractivity contribution in [2.75, 3.05) is 13.1 Å². The summed E-state index contributed by atoms with van der Waals surface area (Å²) in [4.78, 5) is 2.30. The van der Waals surface area contributed by atoms with Gasteiger partial charge in [-0.15, -0.1) is 0 Å². The highest BCUT2D eigenvalue weighted by Gasteiger charge is 2.29. The molecule has 1 unspecified atom stereocenters. The van der Waals surface area contributed by atoms with Crippen molar-refractivity contribution in [3.05, 3.63) is 34.9 Å². The quantitative estimate of drug-likeness (QED) is 0.742. The fourth-order valence-corrected chi connectivity index (χ4v) is 2.63. The van der Waals surface area contributed by atoms with Crippen molar-refractivity contribution in [2.45, 2.75) is 19.1 Å². The van der Waals surface area contributed by atoms with Gasteiger partial charge in [-0.05, 0) is 25.0 Å². The van der Waals surface area contributed by atoms with E-state index >= 15 is 0 Å². The summed E-state index contributed by atoms with van der Waals surface area (Å²) >= 11 is 6.28. The lowest BCUT2D eigenvalue weighted by atomic mass is 10.1. The zero-order valence-corrected chi connectivity index (χ0v) is 9.78. The van der Waals surface area contributed by atoms with E-state index in [1.165, 1.54) is 12.8 Å². The van der Waals surface area contributed by atoms with Crippen LogP contribution in [-0.4, -0.2) is 24.2 Å². The van der Waals surface area contributed by atoms with Gasteiger partial charge >= 0.3 is 0 Å². The van der Waals surface area contributed by atoms with Gasteiger partial charge in [-0.1, -0.05) is 29.8 Å². The van der Waals surface area contributed by atoms with Crippen LogP contribution >= 0.6 is 11.6 Å². The van der Waals surface area contributed by atoms with Gasteiger partial charge in [-0.3, -0.25) is 4.90 Å². The molecule has 1 atom stereocenters. The monoisotopic (exact) mass is 235 g/mol. The molecule has 2 aliphatic heterocycles. The van der Waals surface area contributed by atoms with Crippen molar-refractivity contribution in [1.82, 2.24) is 4.90 Å². The lowest BCUT2D eigenvalue weighted by Gasteiger charge is -2.31. The van der Waals surface area contributed by atoms with E-state index in [9.17, 15) is 0 Å². The number of hydrogen-bond donors (Lipinski definition) is 0. The van der Waals surface area contributed by atoms with E-state index in [0.29, 0.717) is 0 Å². The van der Waals surface area contributed by atoms with Crippen LogP contribution in [0, 0.1) is 0 Å². The molecule has 0 saturated carbocycles. The zero-order chi connectivity index (χ0) is 11.0. The second-order valence-corrected chi connectivity index (χ2v) is 4.72. The molecular formula is C13H14ClNO. The molecule has 1 saturated heterocycles. The summed E-state index contributed by atoms with van der Waals surface area (Å²) in [6.45, 7) is 2.16. The molecule has 3 heteroatoms. The number of ether oxygens (including phenoxy) is 1. The standard InChI is InChI=1S/C13H14ClNO/c14-11-9-10-5-1-2-6-12(10)16-13(11)15-7-3-4-8-15/h1-2,5-6,9,13H,3-4,7-8H2. The highest BCUT2D eigenvalue weighted by Crippen LogP contribution is 2.33. The first-order valence-electron chi connectivity index (χ1n) is 5.71. The molecule has 1 aromatic carbocycles. The smallest absolute Gasteiger partial charge is 0.189 e. The van der Waals surface area contributed by atoms with Crippen LogP contribution in [-0.2, 0) is 0 Å². The van der Waals surface area contributed by atoms with Crippen molar-refractivity contribution in [2.24, 2.45) is 0 Å². The first kappa shape index (κ1) is 10.2. The number of halogens is 1. The molecule has 0 amide bonds. The third-order valence-electron chi connectivity index (χ3n) is 3.16. The topological polar surface area (TPSA) is 12.5 Å². The number of hydrogen-bond acceptors (Lipinski definition) is 2. The Balaban J connectivity index is 1.90. The Hall–Kier alpha value is -0.990. The van der Waals surface area contributed by atoms with Gasteiger partial charge in [0.1, 0.15) is 5.75 Å². The van der Waals surface area contributed by atoms with E-state index in [0.717, 1.165) is 29.4 Å². The fourth-order valence-electron chi connectivity index (χ4n) is 2.33. The molecule has 0 bridgehead atoms. The minimum atomic E-state index is -0.0703. The highest BCUT2D eigenvalue weighted by molar-refractivity contribution is 6.32. The molecule has 1 fully saturated rings. The van der Waals surface area contributed by atoms with E-state index in [2.05, 4.69) is 4.90 Å². The van der Waals surface area contributed by atoms with Crippen LogP contribution < -0.4 is 4.74 Å². The Kier molecular flexibility index (Phi) is 2.62. The van der Waals surface area contributed by atoms with Crippen molar-refractivity contribution < 1.29 is 4.74 Å². The summed E-state index contributed by atoms with van der Waals surface area (Å²) in [5.41, 5.74) is 1.07. The van der Waals surface area contributed by atoms with Crippen molar-refractivity contribution in [3.8, 4) is 5.75 Å². The molecular weight excluding hydrogens is 222 g/mol. The van der Waals surface area contributed by atoms with Crippen molar-refractivity contribution in [1.29, 1.82) is 0 Å². The minimum Gasteiger partial charge on any atom is -0.469 e. The molecule has 2 aliphatic rings. The van der Waals surface area contributed by atoms with Crippen LogP contribution in [0.5, 0.6) is 5.75 Å². The second kappa shape index (κ2) is 4.11. The first-order chi connectivity index (χ1) is 7.84. The van der Waals surface area contributed by atoms with Crippen molar-refractivity contribution in [3.63, 3.8) is 0 Å². The van der Waals surface area contributed by atoms with E-state index in [4.69, 9.17) is 16.3 Å². The normalized spacial score (nSPS) is 24.8. The Morgan fingerprint density at radius 2 is 1.94 bits per heavy atom. The Labute approximate surface area is 100 Å². The van der Waals surface area contributed by atoms with Crippen LogP contribution in [0.1, 0.15) is 18.4 Å². The van der Waals surface area contributed by atoms with Crippen LogP contribution in [0.4, 0.5) is 0 Å². The Morgan fingerprint density at radius 3 is 2.75 bits per heavy atom. The lowest BCUT2D eigenvalue weighted by Crippen LogP contribution is -2.39. The summed E-state index contributed by atoms with van der Waals surface area (Å²) in [5, 5.41) is 0.792. The van der Waals surface area contributed by atoms with Gasteiger partial charge in [0.15, 0.2) is 6.23 Å². The van der Waals surface area contributed by atoms with E-state index < -0.39 is 0 Å². The SMILES string of the molecule is ClC1=Cc2ccccc2OC1N1CCCC1. The highest BCUT2D eigenvalue weighted by atomic mass is 35.5. The van der Waals surface area contributed by atoms with Gasteiger partial charge < -0.3 is 4.74 Å². The third kappa shape index (κ3) is 1.72. The molecule has 1 aromatic rings. The number of rotatable bonds is 1. The molecule has 3 rings (SSSR count). The Bertz CT molecular complexity index is 424.